The number of hydrogen-bond donors (Lipinski definition) is 0. The maximum Gasteiger partial charge on any atom is 0.226 e. The number of rotatable bonds is 6. The third kappa shape index (κ3) is 4.79. The summed E-state index contributed by atoms with van der Waals surface area (Å²) < 4.78 is 14.2. The third-order valence-corrected chi connectivity index (χ3v) is 6.48. The summed E-state index contributed by atoms with van der Waals surface area (Å²) in [6, 6.07) is 11.9. The number of halogens is 3. The molecule has 7 heteroatoms. The second-order valence-corrected chi connectivity index (χ2v) is 8.70. The number of carbonyl (C=O) groups excluding carboxylic acids is 1. The van der Waals surface area contributed by atoms with Crippen LogP contribution in [0.15, 0.2) is 47.6 Å². The van der Waals surface area contributed by atoms with Gasteiger partial charge in [-0.1, -0.05) is 65.5 Å². The van der Waals surface area contributed by atoms with Crippen molar-refractivity contribution in [1.29, 1.82) is 0 Å². The molecule has 0 aromatic heterocycles. The molecule has 4 rings (SSSR count). The molecule has 2 aromatic carbocycles. The standard InChI is InChI=1S/C23H23Cl2FN2O2/c24-19-10-9-16(11-20(19)25)22-12-18(30-27-22)14-28(23(29)15-5-1-2-6-15)13-17-7-3-4-8-21(17)26/h3-4,7-11,15,18H,1-2,5-6,12-14H2. The van der Waals surface area contributed by atoms with Gasteiger partial charge in [-0.15, -0.1) is 0 Å². The van der Waals surface area contributed by atoms with E-state index in [2.05, 4.69) is 5.16 Å². The van der Waals surface area contributed by atoms with Crippen molar-refractivity contribution in [2.45, 2.75) is 44.8 Å². The topological polar surface area (TPSA) is 41.9 Å². The summed E-state index contributed by atoms with van der Waals surface area (Å²) in [4.78, 5) is 20.5. The first-order chi connectivity index (χ1) is 14.5. The van der Waals surface area contributed by atoms with E-state index in [1.165, 1.54) is 6.07 Å². The zero-order chi connectivity index (χ0) is 21.1. The highest BCUT2D eigenvalue weighted by molar-refractivity contribution is 6.42. The number of nitrogens with zero attached hydrogens (tertiary/aromatic N) is 2. The summed E-state index contributed by atoms with van der Waals surface area (Å²) in [5.74, 6) is -0.224. The molecule has 0 radical (unpaired) electrons. The minimum absolute atomic E-state index is 0.00800. The highest BCUT2D eigenvalue weighted by atomic mass is 35.5. The fourth-order valence-corrected chi connectivity index (χ4v) is 4.41. The van der Waals surface area contributed by atoms with Crippen LogP contribution in [0.3, 0.4) is 0 Å². The molecule has 4 nitrogen and oxygen atoms in total. The van der Waals surface area contributed by atoms with Crippen molar-refractivity contribution in [3.05, 3.63) is 69.5 Å². The van der Waals surface area contributed by atoms with Crippen molar-refractivity contribution in [3.63, 3.8) is 0 Å². The summed E-state index contributed by atoms with van der Waals surface area (Å²) in [6.45, 7) is 0.585. The van der Waals surface area contributed by atoms with Gasteiger partial charge in [0.15, 0.2) is 6.10 Å². The molecule has 0 N–H and O–H groups in total. The predicted molar refractivity (Wildman–Crippen MR) is 116 cm³/mol. The molecule has 1 atom stereocenters. The first-order valence-corrected chi connectivity index (χ1v) is 11.0. The van der Waals surface area contributed by atoms with Gasteiger partial charge in [0.25, 0.3) is 0 Å². The van der Waals surface area contributed by atoms with Crippen LogP contribution in [0.25, 0.3) is 0 Å². The Morgan fingerprint density at radius 2 is 1.90 bits per heavy atom. The maximum atomic E-state index is 14.2. The molecule has 1 aliphatic carbocycles. The van der Waals surface area contributed by atoms with Crippen LogP contribution >= 0.6 is 23.2 Å². The molecular formula is C23H23Cl2FN2O2. The molecule has 0 saturated heterocycles. The van der Waals surface area contributed by atoms with Gasteiger partial charge in [0.05, 0.1) is 22.3 Å². The van der Waals surface area contributed by atoms with E-state index in [1.54, 1.807) is 35.2 Å². The highest BCUT2D eigenvalue weighted by Crippen LogP contribution is 2.29. The molecule has 158 valence electrons. The first-order valence-electron chi connectivity index (χ1n) is 10.2. The van der Waals surface area contributed by atoms with Gasteiger partial charge in [-0.05, 0) is 31.0 Å². The van der Waals surface area contributed by atoms with E-state index in [0.717, 1.165) is 37.0 Å². The molecular weight excluding hydrogens is 426 g/mol. The van der Waals surface area contributed by atoms with Crippen molar-refractivity contribution >= 4 is 34.8 Å². The molecule has 0 bridgehead atoms. The highest BCUT2D eigenvalue weighted by Gasteiger charge is 2.32. The quantitative estimate of drug-likeness (QED) is 0.556. The SMILES string of the molecule is O=C(C1CCCC1)N(Cc1ccccc1F)CC1CC(c2ccc(Cl)c(Cl)c2)=NO1. The van der Waals surface area contributed by atoms with Crippen molar-refractivity contribution in [3.8, 4) is 0 Å². The number of amides is 1. The monoisotopic (exact) mass is 448 g/mol. The van der Waals surface area contributed by atoms with Crippen LogP contribution in [0.4, 0.5) is 4.39 Å². The normalized spacial score (nSPS) is 18.9. The zero-order valence-corrected chi connectivity index (χ0v) is 18.0. The molecule has 30 heavy (non-hydrogen) atoms. The predicted octanol–water partition coefficient (Wildman–Crippen LogP) is 5.84. The summed E-state index contributed by atoms with van der Waals surface area (Å²) in [5.41, 5.74) is 2.11. The number of hydrogen-bond acceptors (Lipinski definition) is 3. The second-order valence-electron chi connectivity index (χ2n) is 7.89. The van der Waals surface area contributed by atoms with Gasteiger partial charge in [-0.2, -0.15) is 0 Å². The van der Waals surface area contributed by atoms with Crippen LogP contribution in [0.1, 0.15) is 43.2 Å². The summed E-state index contributed by atoms with van der Waals surface area (Å²) in [5, 5.41) is 5.13. The Labute approximate surface area is 185 Å². The Morgan fingerprint density at radius 3 is 2.63 bits per heavy atom. The number of carbonyl (C=O) groups is 1. The molecule has 2 aliphatic rings. The summed E-state index contributed by atoms with van der Waals surface area (Å²) >= 11 is 12.1. The minimum atomic E-state index is -0.304. The van der Waals surface area contributed by atoms with E-state index in [9.17, 15) is 9.18 Å². The smallest absolute Gasteiger partial charge is 0.226 e. The van der Waals surface area contributed by atoms with Gasteiger partial charge in [-0.25, -0.2) is 4.39 Å². The lowest BCUT2D eigenvalue weighted by Gasteiger charge is -2.27. The summed E-state index contributed by atoms with van der Waals surface area (Å²) in [7, 11) is 0. The molecule has 1 aliphatic heterocycles. The van der Waals surface area contributed by atoms with Crippen LogP contribution in [0, 0.1) is 11.7 Å². The van der Waals surface area contributed by atoms with Crippen molar-refractivity contribution < 1.29 is 14.0 Å². The lowest BCUT2D eigenvalue weighted by atomic mass is 10.0. The molecule has 1 saturated carbocycles. The lowest BCUT2D eigenvalue weighted by molar-refractivity contribution is -0.137. The summed E-state index contributed by atoms with van der Waals surface area (Å²) in [6.07, 6.45) is 4.17. The Kier molecular flexibility index (Phi) is 6.59. The van der Waals surface area contributed by atoms with Crippen LogP contribution in [0.2, 0.25) is 10.0 Å². The molecule has 0 spiro atoms. The largest absolute Gasteiger partial charge is 0.390 e. The average Bonchev–Trinajstić information content (AvgIpc) is 3.43. The molecule has 1 fully saturated rings. The van der Waals surface area contributed by atoms with Gasteiger partial charge in [0.1, 0.15) is 5.82 Å². The average molecular weight is 449 g/mol. The van der Waals surface area contributed by atoms with Crippen molar-refractivity contribution in [1.82, 2.24) is 4.90 Å². The van der Waals surface area contributed by atoms with Crippen LogP contribution < -0.4 is 0 Å². The minimum Gasteiger partial charge on any atom is -0.390 e. The van der Waals surface area contributed by atoms with Crippen LogP contribution in [0.5, 0.6) is 0 Å². The van der Waals surface area contributed by atoms with Crippen molar-refractivity contribution in [2.75, 3.05) is 6.54 Å². The van der Waals surface area contributed by atoms with E-state index >= 15 is 0 Å². The van der Waals surface area contributed by atoms with Gasteiger partial charge in [0, 0.05) is 30.0 Å². The maximum absolute atomic E-state index is 14.2. The van der Waals surface area contributed by atoms with Crippen LogP contribution in [-0.4, -0.2) is 29.2 Å². The van der Waals surface area contributed by atoms with Gasteiger partial charge in [0.2, 0.25) is 5.91 Å². The Bertz CT molecular complexity index is 960. The second kappa shape index (κ2) is 9.36. The van der Waals surface area contributed by atoms with Gasteiger partial charge in [-0.3, -0.25) is 4.79 Å². The van der Waals surface area contributed by atoms with E-state index in [4.69, 9.17) is 28.0 Å². The molecule has 1 unspecified atom stereocenters. The molecule has 1 amide bonds. The fraction of sp³-hybridized carbons (Fsp3) is 0.391. The lowest BCUT2D eigenvalue weighted by Crippen LogP contribution is -2.40. The van der Waals surface area contributed by atoms with E-state index in [1.807, 2.05) is 6.07 Å². The Balaban J connectivity index is 1.47. The molecule has 2 aromatic rings. The van der Waals surface area contributed by atoms with E-state index < -0.39 is 0 Å². The Hall–Kier alpha value is -2.11. The van der Waals surface area contributed by atoms with Gasteiger partial charge >= 0.3 is 0 Å². The van der Waals surface area contributed by atoms with Crippen molar-refractivity contribution in [2.24, 2.45) is 11.1 Å². The fourth-order valence-electron chi connectivity index (χ4n) is 4.11. The number of oxime groups is 1. The van der Waals surface area contributed by atoms with E-state index in [-0.39, 0.29) is 30.3 Å². The number of benzene rings is 2. The third-order valence-electron chi connectivity index (χ3n) is 5.74. The molecule has 1 heterocycles. The van der Waals surface area contributed by atoms with Gasteiger partial charge < -0.3 is 9.74 Å². The van der Waals surface area contributed by atoms with Crippen LogP contribution in [-0.2, 0) is 16.2 Å². The first kappa shape index (κ1) is 21.1. The Morgan fingerprint density at radius 1 is 1.13 bits per heavy atom. The van der Waals surface area contributed by atoms with E-state index in [0.29, 0.717) is 28.6 Å². The zero-order valence-electron chi connectivity index (χ0n) is 16.5.